The van der Waals surface area contributed by atoms with Crippen molar-refractivity contribution in [3.63, 3.8) is 0 Å². The number of ether oxygens (including phenoxy) is 2. The molecule has 108 valence electrons. The maximum Gasteiger partial charge on any atom is 0.390 e. The molecule has 6 heteroatoms. The van der Waals surface area contributed by atoms with E-state index in [0.29, 0.717) is 11.5 Å². The van der Waals surface area contributed by atoms with E-state index in [2.05, 4.69) is 5.32 Å². The van der Waals surface area contributed by atoms with Crippen LogP contribution in [0.2, 0.25) is 0 Å². The van der Waals surface area contributed by atoms with Crippen molar-refractivity contribution in [2.75, 3.05) is 20.8 Å². The van der Waals surface area contributed by atoms with Crippen LogP contribution in [0.1, 0.15) is 24.9 Å². The Morgan fingerprint density at radius 3 is 2.32 bits per heavy atom. The van der Waals surface area contributed by atoms with Crippen LogP contribution in [0, 0.1) is 0 Å². The van der Waals surface area contributed by atoms with Gasteiger partial charge >= 0.3 is 6.18 Å². The number of benzene rings is 1. The Morgan fingerprint density at radius 1 is 1.16 bits per heavy atom. The lowest BCUT2D eigenvalue weighted by Crippen LogP contribution is -2.24. The molecule has 0 saturated carbocycles. The molecule has 1 atom stereocenters. The maximum atomic E-state index is 12.0. The zero-order valence-electron chi connectivity index (χ0n) is 11.2. The Balaban J connectivity index is 2.64. The van der Waals surface area contributed by atoms with Crippen molar-refractivity contribution in [3.05, 3.63) is 23.8 Å². The van der Waals surface area contributed by atoms with Gasteiger partial charge in [-0.15, -0.1) is 0 Å². The first-order chi connectivity index (χ1) is 8.87. The van der Waals surface area contributed by atoms with E-state index in [1.165, 1.54) is 14.2 Å². The SMILES string of the molecule is COc1ccc(C(C)NCCC(F)(F)F)cc1OC. The van der Waals surface area contributed by atoms with Crippen LogP contribution in [0.5, 0.6) is 11.5 Å². The van der Waals surface area contributed by atoms with Gasteiger partial charge in [0.1, 0.15) is 0 Å². The molecule has 0 aliphatic rings. The standard InChI is InChI=1S/C13H18F3NO2/c1-9(17-7-6-13(14,15)16)10-4-5-11(18-2)12(8-10)19-3/h4-5,8-9,17H,6-7H2,1-3H3. The van der Waals surface area contributed by atoms with Crippen molar-refractivity contribution in [2.24, 2.45) is 0 Å². The minimum absolute atomic E-state index is 0.112. The van der Waals surface area contributed by atoms with E-state index in [1.54, 1.807) is 25.1 Å². The van der Waals surface area contributed by atoms with Crippen LogP contribution in [0.25, 0.3) is 0 Å². The van der Waals surface area contributed by atoms with Crippen molar-refractivity contribution >= 4 is 0 Å². The highest BCUT2D eigenvalue weighted by Gasteiger charge is 2.26. The van der Waals surface area contributed by atoms with Crippen molar-refractivity contribution in [2.45, 2.75) is 25.6 Å². The second-order valence-corrected chi connectivity index (χ2v) is 4.16. The van der Waals surface area contributed by atoms with Gasteiger partial charge in [0.15, 0.2) is 11.5 Å². The highest BCUT2D eigenvalue weighted by Crippen LogP contribution is 2.30. The molecule has 0 fully saturated rings. The minimum Gasteiger partial charge on any atom is -0.493 e. The fraction of sp³-hybridized carbons (Fsp3) is 0.538. The molecule has 0 bridgehead atoms. The van der Waals surface area contributed by atoms with E-state index in [9.17, 15) is 13.2 Å². The first-order valence-corrected chi connectivity index (χ1v) is 5.89. The van der Waals surface area contributed by atoms with E-state index in [1.807, 2.05) is 0 Å². The summed E-state index contributed by atoms with van der Waals surface area (Å²) in [6, 6.07) is 5.09. The average Bonchev–Trinajstić information content (AvgIpc) is 2.36. The van der Waals surface area contributed by atoms with Gasteiger partial charge in [-0.05, 0) is 24.6 Å². The summed E-state index contributed by atoms with van der Waals surface area (Å²) in [4.78, 5) is 0. The van der Waals surface area contributed by atoms with Crippen LogP contribution >= 0.6 is 0 Å². The van der Waals surface area contributed by atoms with E-state index in [0.717, 1.165) is 5.56 Å². The third-order valence-corrected chi connectivity index (χ3v) is 2.77. The van der Waals surface area contributed by atoms with Crippen LogP contribution in [-0.2, 0) is 0 Å². The number of nitrogens with one attached hydrogen (secondary N) is 1. The zero-order valence-corrected chi connectivity index (χ0v) is 11.2. The van der Waals surface area contributed by atoms with Gasteiger partial charge in [0.05, 0.1) is 20.6 Å². The first-order valence-electron chi connectivity index (χ1n) is 5.89. The fourth-order valence-electron chi connectivity index (χ4n) is 1.67. The third-order valence-electron chi connectivity index (χ3n) is 2.77. The Bertz CT molecular complexity index is 407. The Hall–Kier alpha value is -1.43. The van der Waals surface area contributed by atoms with Crippen molar-refractivity contribution in [3.8, 4) is 11.5 Å². The molecule has 0 heterocycles. The predicted molar refractivity (Wildman–Crippen MR) is 66.6 cm³/mol. The number of hydrogen-bond acceptors (Lipinski definition) is 3. The van der Waals surface area contributed by atoms with E-state index in [-0.39, 0.29) is 12.6 Å². The molecule has 3 nitrogen and oxygen atoms in total. The molecule has 0 spiro atoms. The second kappa shape index (κ2) is 6.65. The van der Waals surface area contributed by atoms with Gasteiger partial charge in [-0.1, -0.05) is 6.07 Å². The molecule has 0 radical (unpaired) electrons. The van der Waals surface area contributed by atoms with E-state index < -0.39 is 12.6 Å². The molecular formula is C13H18F3NO2. The molecule has 0 amide bonds. The molecule has 0 aliphatic heterocycles. The number of halogens is 3. The molecule has 1 rings (SSSR count). The maximum absolute atomic E-state index is 12.0. The number of rotatable bonds is 6. The van der Waals surface area contributed by atoms with E-state index in [4.69, 9.17) is 9.47 Å². The minimum atomic E-state index is -4.13. The molecular weight excluding hydrogens is 259 g/mol. The summed E-state index contributed by atoms with van der Waals surface area (Å²) in [7, 11) is 3.05. The number of alkyl halides is 3. The fourth-order valence-corrected chi connectivity index (χ4v) is 1.67. The summed E-state index contributed by atoms with van der Waals surface area (Å²) in [6.45, 7) is 1.69. The molecule has 0 saturated heterocycles. The molecule has 1 aromatic carbocycles. The summed E-state index contributed by atoms with van der Waals surface area (Å²) in [5, 5.41) is 2.83. The number of hydrogen-bond donors (Lipinski definition) is 1. The van der Waals surface area contributed by atoms with Crippen LogP contribution in [-0.4, -0.2) is 26.9 Å². The molecule has 0 aliphatic carbocycles. The van der Waals surface area contributed by atoms with Gasteiger partial charge in [0.25, 0.3) is 0 Å². The summed E-state index contributed by atoms with van der Waals surface area (Å²) in [5.74, 6) is 1.15. The topological polar surface area (TPSA) is 30.5 Å². The van der Waals surface area contributed by atoms with Gasteiger partial charge < -0.3 is 14.8 Å². The quantitative estimate of drug-likeness (QED) is 0.865. The largest absolute Gasteiger partial charge is 0.493 e. The lowest BCUT2D eigenvalue weighted by molar-refractivity contribution is -0.133. The Morgan fingerprint density at radius 2 is 1.79 bits per heavy atom. The predicted octanol–water partition coefficient (Wildman–Crippen LogP) is 3.31. The average molecular weight is 277 g/mol. The Kier molecular flexibility index (Phi) is 5.47. The van der Waals surface area contributed by atoms with Crippen molar-refractivity contribution in [1.29, 1.82) is 0 Å². The lowest BCUT2D eigenvalue weighted by Gasteiger charge is -2.17. The molecule has 1 N–H and O–H groups in total. The van der Waals surface area contributed by atoms with Gasteiger partial charge in [-0.3, -0.25) is 0 Å². The van der Waals surface area contributed by atoms with Gasteiger partial charge in [0.2, 0.25) is 0 Å². The van der Waals surface area contributed by atoms with Crippen LogP contribution in [0.15, 0.2) is 18.2 Å². The third kappa shape index (κ3) is 4.98. The highest BCUT2D eigenvalue weighted by atomic mass is 19.4. The Labute approximate surface area is 110 Å². The number of methoxy groups -OCH3 is 2. The molecule has 1 aromatic rings. The summed E-state index contributed by atoms with van der Waals surface area (Å²) < 4.78 is 46.4. The normalized spacial score (nSPS) is 13.2. The van der Waals surface area contributed by atoms with Crippen molar-refractivity contribution < 1.29 is 22.6 Å². The lowest BCUT2D eigenvalue weighted by atomic mass is 10.1. The zero-order chi connectivity index (χ0) is 14.5. The molecule has 19 heavy (non-hydrogen) atoms. The van der Waals surface area contributed by atoms with Crippen LogP contribution in [0.3, 0.4) is 0 Å². The molecule has 0 aromatic heterocycles. The van der Waals surface area contributed by atoms with Gasteiger partial charge in [0, 0.05) is 12.6 Å². The van der Waals surface area contributed by atoms with E-state index >= 15 is 0 Å². The first kappa shape index (κ1) is 15.6. The van der Waals surface area contributed by atoms with Crippen LogP contribution in [0.4, 0.5) is 13.2 Å². The summed E-state index contributed by atoms with van der Waals surface area (Å²) >= 11 is 0. The van der Waals surface area contributed by atoms with Gasteiger partial charge in [-0.2, -0.15) is 13.2 Å². The van der Waals surface area contributed by atoms with Gasteiger partial charge in [-0.25, -0.2) is 0 Å². The summed E-state index contributed by atoms with van der Waals surface area (Å²) in [5.41, 5.74) is 0.847. The van der Waals surface area contributed by atoms with Crippen LogP contribution < -0.4 is 14.8 Å². The summed E-state index contributed by atoms with van der Waals surface area (Å²) in [6.07, 6.45) is -4.98. The second-order valence-electron chi connectivity index (χ2n) is 4.16. The van der Waals surface area contributed by atoms with Crippen molar-refractivity contribution in [1.82, 2.24) is 5.32 Å². The monoisotopic (exact) mass is 277 g/mol. The highest BCUT2D eigenvalue weighted by molar-refractivity contribution is 5.43. The molecule has 1 unspecified atom stereocenters. The smallest absolute Gasteiger partial charge is 0.390 e.